The van der Waals surface area contributed by atoms with Crippen LogP contribution >= 0.6 is 0 Å². The van der Waals surface area contributed by atoms with E-state index >= 15 is 0 Å². The molecule has 104 valence electrons. The minimum Gasteiger partial charge on any atom is -0.448 e. The lowest BCUT2D eigenvalue weighted by Gasteiger charge is -1.99. The Labute approximate surface area is 113 Å². The lowest BCUT2D eigenvalue weighted by atomic mass is 10.2. The number of hydrogen-bond donors (Lipinski definition) is 1. The molecule has 0 unspecified atom stereocenters. The molecule has 2 rings (SSSR count). The first-order valence-corrected chi connectivity index (χ1v) is 5.79. The van der Waals surface area contributed by atoms with E-state index in [2.05, 4.69) is 15.1 Å². The van der Waals surface area contributed by atoms with E-state index < -0.39 is 6.09 Å². The number of ether oxygens (including phenoxy) is 1. The average Bonchev–Trinajstić information content (AvgIpc) is 2.80. The molecular weight excluding hydrogens is 265 g/mol. The largest absolute Gasteiger partial charge is 0.448 e. The van der Waals surface area contributed by atoms with Crippen molar-refractivity contribution < 1.29 is 13.9 Å². The summed E-state index contributed by atoms with van der Waals surface area (Å²) in [7, 11) is 0. The zero-order chi connectivity index (χ0) is 14.5. The van der Waals surface area contributed by atoms with Gasteiger partial charge >= 0.3 is 6.09 Å². The standard InChI is InChI=1S/C12H12FN5O2/c1-2-20-12(19)18-10(14)16-11(17-18)15-7-8-3-5-9(13)6-4-8/h3-7H,2H2,1H3,(H2,14,16,17)/b15-7+. The summed E-state index contributed by atoms with van der Waals surface area (Å²) in [5.74, 6) is -0.439. The Morgan fingerprint density at radius 2 is 2.20 bits per heavy atom. The van der Waals surface area contributed by atoms with Crippen LogP contribution < -0.4 is 5.73 Å². The van der Waals surface area contributed by atoms with Gasteiger partial charge in [0.2, 0.25) is 5.95 Å². The molecule has 0 radical (unpaired) electrons. The van der Waals surface area contributed by atoms with Crippen molar-refractivity contribution in [1.29, 1.82) is 0 Å². The third-order valence-corrected chi connectivity index (χ3v) is 2.26. The van der Waals surface area contributed by atoms with Crippen LogP contribution in [-0.4, -0.2) is 33.7 Å². The fourth-order valence-electron chi connectivity index (χ4n) is 1.37. The number of rotatable bonds is 3. The van der Waals surface area contributed by atoms with E-state index in [4.69, 9.17) is 10.5 Å². The highest BCUT2D eigenvalue weighted by Gasteiger charge is 2.13. The first-order chi connectivity index (χ1) is 9.60. The predicted molar refractivity (Wildman–Crippen MR) is 70.5 cm³/mol. The molecule has 0 aliphatic heterocycles. The number of nitrogens with two attached hydrogens (primary N) is 1. The summed E-state index contributed by atoms with van der Waals surface area (Å²) in [6.07, 6.45) is 0.713. The summed E-state index contributed by atoms with van der Waals surface area (Å²) in [5, 5.41) is 3.79. The molecule has 1 heterocycles. The molecule has 20 heavy (non-hydrogen) atoms. The van der Waals surface area contributed by atoms with E-state index in [1.807, 2.05) is 0 Å². The molecule has 0 fully saturated rings. The van der Waals surface area contributed by atoms with Gasteiger partial charge in [-0.25, -0.2) is 14.2 Å². The number of aliphatic imine (C=N–C) groups is 1. The lowest BCUT2D eigenvalue weighted by molar-refractivity contribution is 0.151. The van der Waals surface area contributed by atoms with Gasteiger partial charge in [-0.3, -0.25) is 0 Å². The molecule has 0 aliphatic rings. The summed E-state index contributed by atoms with van der Waals surface area (Å²) in [6.45, 7) is 1.87. The first kappa shape index (κ1) is 13.7. The highest BCUT2D eigenvalue weighted by Crippen LogP contribution is 2.09. The van der Waals surface area contributed by atoms with Crippen molar-refractivity contribution in [1.82, 2.24) is 14.8 Å². The molecule has 2 N–H and O–H groups in total. The number of nitrogens with zero attached hydrogens (tertiary/aromatic N) is 4. The van der Waals surface area contributed by atoms with E-state index in [1.165, 1.54) is 18.3 Å². The highest BCUT2D eigenvalue weighted by molar-refractivity contribution is 5.81. The summed E-state index contributed by atoms with van der Waals surface area (Å²) >= 11 is 0. The Kier molecular flexibility index (Phi) is 4.04. The third kappa shape index (κ3) is 3.16. The van der Waals surface area contributed by atoms with Gasteiger partial charge in [0, 0.05) is 6.21 Å². The first-order valence-electron chi connectivity index (χ1n) is 5.79. The lowest BCUT2D eigenvalue weighted by Crippen LogP contribution is -2.17. The zero-order valence-corrected chi connectivity index (χ0v) is 10.7. The van der Waals surface area contributed by atoms with Gasteiger partial charge in [0.05, 0.1) is 6.61 Å². The predicted octanol–water partition coefficient (Wildman–Crippen LogP) is 1.75. The molecule has 0 saturated heterocycles. The number of benzene rings is 1. The van der Waals surface area contributed by atoms with E-state index in [0.717, 1.165) is 4.68 Å². The molecule has 1 aromatic carbocycles. The molecule has 0 bridgehead atoms. The fraction of sp³-hybridized carbons (Fsp3) is 0.167. The fourth-order valence-corrected chi connectivity index (χ4v) is 1.37. The van der Waals surface area contributed by atoms with E-state index in [0.29, 0.717) is 5.56 Å². The SMILES string of the molecule is CCOC(=O)n1nc(/N=C/c2ccc(F)cc2)nc1N. The normalized spacial score (nSPS) is 10.9. The van der Waals surface area contributed by atoms with Gasteiger partial charge in [0.15, 0.2) is 0 Å². The zero-order valence-electron chi connectivity index (χ0n) is 10.7. The van der Waals surface area contributed by atoms with Crippen molar-refractivity contribution in [3.05, 3.63) is 35.6 Å². The van der Waals surface area contributed by atoms with Crippen LogP contribution in [0, 0.1) is 5.82 Å². The summed E-state index contributed by atoms with van der Waals surface area (Å²) in [5.41, 5.74) is 6.19. The Morgan fingerprint density at radius 1 is 1.50 bits per heavy atom. The summed E-state index contributed by atoms with van der Waals surface area (Å²) < 4.78 is 18.3. The van der Waals surface area contributed by atoms with Crippen LogP contribution in [0.1, 0.15) is 12.5 Å². The van der Waals surface area contributed by atoms with E-state index in [1.54, 1.807) is 19.1 Å². The number of hydrogen-bond acceptors (Lipinski definition) is 6. The maximum atomic E-state index is 12.7. The Bertz CT molecular complexity index is 636. The number of aromatic nitrogens is 3. The number of carbonyl (C=O) groups is 1. The molecule has 0 atom stereocenters. The second-order valence-corrected chi connectivity index (χ2v) is 3.69. The Hall–Kier alpha value is -2.77. The van der Waals surface area contributed by atoms with Gasteiger partial charge in [-0.15, -0.1) is 9.78 Å². The molecule has 0 amide bonds. The Morgan fingerprint density at radius 3 is 2.85 bits per heavy atom. The molecule has 1 aromatic heterocycles. The number of carbonyl (C=O) groups excluding carboxylic acids is 1. The van der Waals surface area contributed by atoms with Crippen LogP contribution in [0.3, 0.4) is 0 Å². The van der Waals surface area contributed by atoms with Gasteiger partial charge in [-0.2, -0.15) is 4.98 Å². The molecule has 0 aliphatic carbocycles. The molecule has 8 heteroatoms. The second kappa shape index (κ2) is 5.91. The molecule has 7 nitrogen and oxygen atoms in total. The van der Waals surface area contributed by atoms with Crippen LogP contribution in [0.2, 0.25) is 0 Å². The van der Waals surface area contributed by atoms with Crippen LogP contribution in [0.4, 0.5) is 21.1 Å². The third-order valence-electron chi connectivity index (χ3n) is 2.26. The van der Waals surface area contributed by atoms with Crippen molar-refractivity contribution in [3.63, 3.8) is 0 Å². The van der Waals surface area contributed by atoms with Crippen LogP contribution in [0.15, 0.2) is 29.3 Å². The maximum Gasteiger partial charge on any atom is 0.438 e. The maximum absolute atomic E-state index is 12.7. The molecule has 2 aromatic rings. The van der Waals surface area contributed by atoms with Gasteiger partial charge < -0.3 is 10.5 Å². The van der Waals surface area contributed by atoms with Crippen molar-refractivity contribution in [2.24, 2.45) is 4.99 Å². The highest BCUT2D eigenvalue weighted by atomic mass is 19.1. The van der Waals surface area contributed by atoms with E-state index in [9.17, 15) is 9.18 Å². The minimum atomic E-state index is -0.722. The minimum absolute atomic E-state index is 0.0138. The number of anilines is 1. The smallest absolute Gasteiger partial charge is 0.438 e. The molecular formula is C12H12FN5O2. The van der Waals surface area contributed by atoms with Gasteiger partial charge in [0.25, 0.3) is 5.95 Å². The van der Waals surface area contributed by atoms with Crippen molar-refractivity contribution >= 4 is 24.2 Å². The van der Waals surface area contributed by atoms with Gasteiger partial charge in [-0.05, 0) is 24.6 Å². The second-order valence-electron chi connectivity index (χ2n) is 3.69. The monoisotopic (exact) mass is 277 g/mol. The van der Waals surface area contributed by atoms with Crippen molar-refractivity contribution in [2.45, 2.75) is 6.92 Å². The van der Waals surface area contributed by atoms with Gasteiger partial charge in [-0.1, -0.05) is 12.1 Å². The molecule has 0 spiro atoms. The average molecular weight is 277 g/mol. The van der Waals surface area contributed by atoms with Crippen molar-refractivity contribution in [3.8, 4) is 0 Å². The quantitative estimate of drug-likeness (QED) is 0.862. The van der Waals surface area contributed by atoms with Crippen LogP contribution in [0.25, 0.3) is 0 Å². The number of nitrogen functional groups attached to an aromatic ring is 1. The topological polar surface area (TPSA) is 95.4 Å². The summed E-state index contributed by atoms with van der Waals surface area (Å²) in [4.78, 5) is 19.2. The summed E-state index contributed by atoms with van der Waals surface area (Å²) in [6, 6.07) is 5.70. The van der Waals surface area contributed by atoms with Crippen LogP contribution in [-0.2, 0) is 4.74 Å². The Balaban J connectivity index is 2.16. The molecule has 0 saturated carbocycles. The van der Waals surface area contributed by atoms with E-state index in [-0.39, 0.29) is 24.3 Å². The van der Waals surface area contributed by atoms with Gasteiger partial charge in [0.1, 0.15) is 5.82 Å². The number of halogens is 1. The van der Waals surface area contributed by atoms with Crippen molar-refractivity contribution in [2.75, 3.05) is 12.3 Å². The van der Waals surface area contributed by atoms with Crippen LogP contribution in [0.5, 0.6) is 0 Å².